The van der Waals surface area contributed by atoms with Gasteiger partial charge in [-0.25, -0.2) is 10.5 Å². The van der Waals surface area contributed by atoms with Gasteiger partial charge in [-0.05, 0) is 48.4 Å². The molecule has 6 nitrogen and oxygen atoms in total. The third-order valence-electron chi connectivity index (χ3n) is 4.82. The highest BCUT2D eigenvalue weighted by atomic mass is 16.5. The number of carbonyl (C=O) groups excluding carboxylic acids is 1. The summed E-state index contributed by atoms with van der Waals surface area (Å²) >= 11 is 0. The Morgan fingerprint density at radius 3 is 2.76 bits per heavy atom. The predicted molar refractivity (Wildman–Crippen MR) is 108 cm³/mol. The lowest BCUT2D eigenvalue weighted by Gasteiger charge is -2.08. The van der Waals surface area contributed by atoms with Crippen molar-refractivity contribution in [3.63, 3.8) is 0 Å². The molecule has 6 heteroatoms. The quantitative estimate of drug-likeness (QED) is 0.367. The average molecular weight is 383 g/mol. The number of hydrogen-bond donors (Lipinski definition) is 3. The lowest BCUT2D eigenvalue weighted by Crippen LogP contribution is -2.19. The number of hydrogen-bond acceptors (Lipinski definition) is 5. The maximum Gasteiger partial charge on any atom is 0.275 e. The molecule has 0 radical (unpaired) electrons. The summed E-state index contributed by atoms with van der Waals surface area (Å²) in [6.45, 7) is 0.190. The number of hydroxylamine groups is 1. The minimum absolute atomic E-state index is 0.190. The first-order valence-electron chi connectivity index (χ1n) is 9.11. The van der Waals surface area contributed by atoms with Crippen LogP contribution < -0.4 is 5.48 Å². The minimum atomic E-state index is -0.619. The van der Waals surface area contributed by atoms with Crippen LogP contribution in [0.4, 0.5) is 0 Å². The number of rotatable bonds is 3. The monoisotopic (exact) mass is 383 g/mol. The van der Waals surface area contributed by atoms with Crippen molar-refractivity contribution in [2.45, 2.75) is 6.42 Å². The zero-order chi connectivity index (χ0) is 20.2. The lowest BCUT2D eigenvalue weighted by molar-refractivity contribution is 0.0708. The third kappa shape index (κ3) is 4.09. The molecule has 142 valence electrons. The molecule has 3 aromatic rings. The SMILES string of the molecule is O=C(NO)c1cc(-c2ccc(C#CC#C[C@@H]3C[C@H]3CO)cc2)nc2ccncc12. The summed E-state index contributed by atoms with van der Waals surface area (Å²) in [6, 6.07) is 10.8. The van der Waals surface area contributed by atoms with Crippen LogP contribution in [-0.2, 0) is 0 Å². The van der Waals surface area contributed by atoms with Crippen LogP contribution in [0.3, 0.4) is 0 Å². The number of aliphatic hydroxyl groups is 1. The number of aliphatic hydroxyl groups excluding tert-OH is 1. The van der Waals surface area contributed by atoms with Gasteiger partial charge < -0.3 is 5.11 Å². The van der Waals surface area contributed by atoms with Crippen molar-refractivity contribution in [1.82, 2.24) is 15.4 Å². The van der Waals surface area contributed by atoms with Gasteiger partial charge in [-0.3, -0.25) is 15.0 Å². The van der Waals surface area contributed by atoms with Crippen LogP contribution in [0.25, 0.3) is 22.2 Å². The maximum absolute atomic E-state index is 12.0. The van der Waals surface area contributed by atoms with Crippen LogP contribution in [0.15, 0.2) is 48.8 Å². The summed E-state index contributed by atoms with van der Waals surface area (Å²) in [5.74, 6) is 11.7. The van der Waals surface area contributed by atoms with Gasteiger partial charge in [0.25, 0.3) is 5.91 Å². The molecule has 4 rings (SSSR count). The summed E-state index contributed by atoms with van der Waals surface area (Å²) in [4.78, 5) is 20.7. The highest BCUT2D eigenvalue weighted by molar-refractivity contribution is 6.06. The molecular formula is C23H17N3O3. The van der Waals surface area contributed by atoms with Gasteiger partial charge in [0.1, 0.15) is 0 Å². The Bertz CT molecular complexity index is 1200. The van der Waals surface area contributed by atoms with E-state index in [0.717, 1.165) is 17.5 Å². The molecule has 2 atom stereocenters. The van der Waals surface area contributed by atoms with Gasteiger partial charge in [-0.2, -0.15) is 0 Å². The van der Waals surface area contributed by atoms with Crippen molar-refractivity contribution in [3.05, 3.63) is 59.9 Å². The van der Waals surface area contributed by atoms with Crippen LogP contribution in [0.2, 0.25) is 0 Å². The number of nitrogens with zero attached hydrogens (tertiary/aromatic N) is 2. The third-order valence-corrected chi connectivity index (χ3v) is 4.82. The fourth-order valence-corrected chi connectivity index (χ4v) is 3.05. The Hall–Kier alpha value is -3.71. The minimum Gasteiger partial charge on any atom is -0.396 e. The molecule has 2 aromatic heterocycles. The Morgan fingerprint density at radius 2 is 2.03 bits per heavy atom. The summed E-state index contributed by atoms with van der Waals surface area (Å²) in [5.41, 5.74) is 4.80. The van der Waals surface area contributed by atoms with Gasteiger partial charge in [-0.15, -0.1) is 0 Å². The van der Waals surface area contributed by atoms with Crippen LogP contribution in [-0.4, -0.2) is 32.8 Å². The van der Waals surface area contributed by atoms with Gasteiger partial charge in [0.2, 0.25) is 0 Å². The molecule has 1 fully saturated rings. The molecule has 1 amide bonds. The topological polar surface area (TPSA) is 95.3 Å². The van der Waals surface area contributed by atoms with Gasteiger partial charge in [0, 0.05) is 41.4 Å². The standard InChI is InChI=1S/C23H17N3O3/c27-14-18-11-17(18)4-2-1-3-15-5-7-16(8-6-15)22-12-19(23(28)26-29)20-13-24-10-9-21(20)25-22/h5-10,12-13,17-18,27,29H,11,14H2,(H,26,28)/t17-,18+/m1/s1. The van der Waals surface area contributed by atoms with E-state index in [-0.39, 0.29) is 12.5 Å². The van der Waals surface area contributed by atoms with Crippen molar-refractivity contribution in [2.24, 2.45) is 11.8 Å². The van der Waals surface area contributed by atoms with Gasteiger partial charge in [0.05, 0.1) is 16.8 Å². The van der Waals surface area contributed by atoms with Crippen molar-refractivity contribution < 1.29 is 15.1 Å². The number of amides is 1. The molecular weight excluding hydrogens is 366 g/mol. The molecule has 29 heavy (non-hydrogen) atoms. The zero-order valence-corrected chi connectivity index (χ0v) is 15.4. The van der Waals surface area contributed by atoms with Crippen molar-refractivity contribution >= 4 is 16.8 Å². The molecule has 1 saturated carbocycles. The second-order valence-corrected chi connectivity index (χ2v) is 6.77. The molecule has 0 saturated heterocycles. The second-order valence-electron chi connectivity index (χ2n) is 6.77. The first kappa shape index (κ1) is 18.6. The molecule has 0 bridgehead atoms. The average Bonchev–Trinajstić information content (AvgIpc) is 3.54. The van der Waals surface area contributed by atoms with E-state index in [1.54, 1.807) is 30.0 Å². The Balaban J connectivity index is 1.59. The van der Waals surface area contributed by atoms with Crippen LogP contribution in [0.5, 0.6) is 0 Å². The number of nitrogens with one attached hydrogen (secondary N) is 1. The molecule has 0 spiro atoms. The summed E-state index contributed by atoms with van der Waals surface area (Å²) < 4.78 is 0. The number of pyridine rings is 2. The number of benzene rings is 1. The Morgan fingerprint density at radius 1 is 1.21 bits per heavy atom. The van der Waals surface area contributed by atoms with Crippen LogP contribution in [0, 0.1) is 35.5 Å². The van der Waals surface area contributed by atoms with Crippen LogP contribution >= 0.6 is 0 Å². The van der Waals surface area contributed by atoms with Gasteiger partial charge >= 0.3 is 0 Å². The van der Waals surface area contributed by atoms with E-state index in [1.807, 2.05) is 24.3 Å². The first-order valence-corrected chi connectivity index (χ1v) is 9.11. The van der Waals surface area contributed by atoms with Crippen LogP contribution in [0.1, 0.15) is 22.3 Å². The number of aromatic nitrogens is 2. The largest absolute Gasteiger partial charge is 0.396 e. The Labute approximate surface area is 167 Å². The van der Waals surface area contributed by atoms with E-state index in [1.165, 1.54) is 0 Å². The number of carbonyl (C=O) groups is 1. The maximum atomic E-state index is 12.0. The van der Waals surface area contributed by atoms with Crippen molar-refractivity contribution in [3.8, 4) is 34.9 Å². The lowest BCUT2D eigenvalue weighted by atomic mass is 10.0. The van der Waals surface area contributed by atoms with Gasteiger partial charge in [-0.1, -0.05) is 24.0 Å². The van der Waals surface area contributed by atoms with E-state index in [2.05, 4.69) is 33.6 Å². The van der Waals surface area contributed by atoms with E-state index in [4.69, 9.17) is 10.3 Å². The summed E-state index contributed by atoms with van der Waals surface area (Å²) in [5, 5.41) is 18.6. The molecule has 1 aliphatic carbocycles. The Kier molecular flexibility index (Phi) is 5.22. The fourth-order valence-electron chi connectivity index (χ4n) is 3.05. The van der Waals surface area contributed by atoms with E-state index in [0.29, 0.717) is 28.1 Å². The normalized spacial score (nSPS) is 16.9. The van der Waals surface area contributed by atoms with E-state index >= 15 is 0 Å². The van der Waals surface area contributed by atoms with Crippen molar-refractivity contribution in [1.29, 1.82) is 0 Å². The molecule has 0 unspecified atom stereocenters. The first-order chi connectivity index (χ1) is 14.2. The second kappa shape index (κ2) is 8.12. The molecule has 0 aliphatic heterocycles. The van der Waals surface area contributed by atoms with E-state index in [9.17, 15) is 4.79 Å². The molecule has 1 aromatic carbocycles. The molecule has 3 N–H and O–H groups in total. The van der Waals surface area contributed by atoms with E-state index < -0.39 is 5.91 Å². The number of fused-ring (bicyclic) bond motifs is 1. The zero-order valence-electron chi connectivity index (χ0n) is 15.4. The van der Waals surface area contributed by atoms with Gasteiger partial charge in [0.15, 0.2) is 0 Å². The smallest absolute Gasteiger partial charge is 0.275 e. The highest BCUT2D eigenvalue weighted by Crippen LogP contribution is 2.36. The summed E-state index contributed by atoms with van der Waals surface area (Å²) in [6.07, 6.45) is 4.09. The van der Waals surface area contributed by atoms with Crippen molar-refractivity contribution in [2.75, 3.05) is 6.61 Å². The fraction of sp³-hybridized carbons (Fsp3) is 0.174. The predicted octanol–water partition coefficient (Wildman–Crippen LogP) is 2.40. The highest BCUT2D eigenvalue weighted by Gasteiger charge is 2.34. The molecule has 1 aliphatic rings. The molecule has 2 heterocycles. The summed E-state index contributed by atoms with van der Waals surface area (Å²) in [7, 11) is 0.